The number of benzene rings is 1. The fraction of sp³-hybridized carbons (Fsp3) is 0.267. The summed E-state index contributed by atoms with van der Waals surface area (Å²) in [5.41, 5.74) is 0.468. The molecule has 0 bridgehead atoms. The van der Waals surface area contributed by atoms with Gasteiger partial charge in [0, 0.05) is 17.0 Å². The van der Waals surface area contributed by atoms with Gasteiger partial charge >= 0.3 is 0 Å². The summed E-state index contributed by atoms with van der Waals surface area (Å²) in [6, 6.07) is 9.74. The topological polar surface area (TPSA) is 32.3 Å². The minimum Gasteiger partial charge on any atom is -0.350 e. The van der Waals surface area contributed by atoms with Crippen molar-refractivity contribution in [2.24, 2.45) is 0 Å². The Balaban J connectivity index is 1.99. The van der Waals surface area contributed by atoms with Gasteiger partial charge in [-0.2, -0.15) is 0 Å². The van der Waals surface area contributed by atoms with Crippen LogP contribution >= 0.6 is 11.3 Å². The zero-order chi connectivity index (χ0) is 14.5. The first-order valence-corrected chi connectivity index (χ1v) is 7.19. The molecule has 1 heterocycles. The number of thiophene rings is 1. The van der Waals surface area contributed by atoms with Crippen LogP contribution in [0.2, 0.25) is 0 Å². The highest BCUT2D eigenvalue weighted by molar-refractivity contribution is 7.10. The van der Waals surface area contributed by atoms with Crippen LogP contribution in [0.5, 0.6) is 0 Å². The molecule has 0 saturated heterocycles. The van der Waals surface area contributed by atoms with Gasteiger partial charge < -0.3 is 10.2 Å². The van der Waals surface area contributed by atoms with Crippen LogP contribution in [0, 0.1) is 5.82 Å². The fourth-order valence-electron chi connectivity index (χ4n) is 1.91. The van der Waals surface area contributed by atoms with Crippen LogP contribution in [-0.4, -0.2) is 31.4 Å². The predicted octanol–water partition coefficient (Wildman–Crippen LogP) is 2.92. The lowest BCUT2D eigenvalue weighted by molar-refractivity contribution is 0.0942. The molecule has 0 aliphatic heterocycles. The van der Waals surface area contributed by atoms with Gasteiger partial charge in [-0.3, -0.25) is 4.79 Å². The third-order valence-corrected chi connectivity index (χ3v) is 4.03. The van der Waals surface area contributed by atoms with E-state index in [0.29, 0.717) is 12.1 Å². The first-order chi connectivity index (χ1) is 9.58. The van der Waals surface area contributed by atoms with Crippen molar-refractivity contribution in [3.63, 3.8) is 0 Å². The van der Waals surface area contributed by atoms with Crippen LogP contribution in [0.25, 0.3) is 0 Å². The zero-order valence-corrected chi connectivity index (χ0v) is 12.3. The molecule has 0 radical (unpaired) electrons. The number of likely N-dealkylation sites (N-methyl/N-ethyl adjacent to an activating group) is 1. The van der Waals surface area contributed by atoms with Crippen molar-refractivity contribution in [1.82, 2.24) is 10.2 Å². The minimum absolute atomic E-state index is 0.138. The predicted molar refractivity (Wildman–Crippen MR) is 79.5 cm³/mol. The van der Waals surface area contributed by atoms with E-state index in [2.05, 4.69) is 16.3 Å². The summed E-state index contributed by atoms with van der Waals surface area (Å²) in [7, 11) is 3.96. The van der Waals surface area contributed by atoms with Crippen molar-refractivity contribution < 1.29 is 9.18 Å². The maximum atomic E-state index is 12.8. The molecule has 0 fully saturated rings. The van der Waals surface area contributed by atoms with Crippen molar-refractivity contribution in [3.05, 3.63) is 58.0 Å². The monoisotopic (exact) mass is 292 g/mol. The number of carbonyl (C=O) groups excluding carboxylic acids is 1. The average molecular weight is 292 g/mol. The van der Waals surface area contributed by atoms with Crippen LogP contribution in [0.4, 0.5) is 4.39 Å². The maximum absolute atomic E-state index is 12.8. The zero-order valence-electron chi connectivity index (χ0n) is 11.5. The number of nitrogens with zero attached hydrogens (tertiary/aromatic N) is 1. The highest BCUT2D eigenvalue weighted by Gasteiger charge is 2.16. The number of amides is 1. The van der Waals surface area contributed by atoms with E-state index in [0.717, 1.165) is 0 Å². The summed E-state index contributed by atoms with van der Waals surface area (Å²) in [4.78, 5) is 15.3. The molecule has 2 rings (SSSR count). The quantitative estimate of drug-likeness (QED) is 0.919. The summed E-state index contributed by atoms with van der Waals surface area (Å²) < 4.78 is 12.8. The van der Waals surface area contributed by atoms with Gasteiger partial charge in [-0.05, 0) is 49.8 Å². The Morgan fingerprint density at radius 3 is 2.55 bits per heavy atom. The molecule has 1 N–H and O–H groups in total. The standard InChI is InChI=1S/C15H17FN2OS/c1-18(2)13(14-4-3-9-20-14)10-17-15(19)11-5-7-12(16)8-6-11/h3-9,13H,10H2,1-2H3,(H,17,19)/t13-/m0/s1. The van der Waals surface area contributed by atoms with Crippen molar-refractivity contribution in [1.29, 1.82) is 0 Å². The van der Waals surface area contributed by atoms with E-state index >= 15 is 0 Å². The first kappa shape index (κ1) is 14.7. The first-order valence-electron chi connectivity index (χ1n) is 6.31. The molecule has 3 nitrogen and oxygen atoms in total. The third kappa shape index (κ3) is 3.65. The van der Waals surface area contributed by atoms with Crippen LogP contribution in [0.1, 0.15) is 21.3 Å². The number of nitrogens with one attached hydrogen (secondary N) is 1. The van der Waals surface area contributed by atoms with E-state index in [1.807, 2.05) is 25.5 Å². The molecule has 2 aromatic rings. The largest absolute Gasteiger partial charge is 0.350 e. The smallest absolute Gasteiger partial charge is 0.251 e. The number of halogens is 1. The highest BCUT2D eigenvalue weighted by Crippen LogP contribution is 2.22. The van der Waals surface area contributed by atoms with Gasteiger partial charge in [0.05, 0.1) is 6.04 Å². The van der Waals surface area contributed by atoms with Crippen molar-refractivity contribution in [3.8, 4) is 0 Å². The molecule has 5 heteroatoms. The van der Waals surface area contributed by atoms with E-state index in [1.165, 1.54) is 29.1 Å². The third-order valence-electron chi connectivity index (χ3n) is 3.06. The summed E-state index contributed by atoms with van der Waals surface area (Å²) in [6.07, 6.45) is 0. The van der Waals surface area contributed by atoms with Crippen molar-refractivity contribution in [2.45, 2.75) is 6.04 Å². The van der Waals surface area contributed by atoms with Gasteiger partial charge in [0.1, 0.15) is 5.82 Å². The molecule has 0 saturated carbocycles. The van der Waals surface area contributed by atoms with E-state index < -0.39 is 0 Å². The van der Waals surface area contributed by atoms with E-state index in [1.54, 1.807) is 11.3 Å². The lowest BCUT2D eigenvalue weighted by Crippen LogP contribution is -2.34. The van der Waals surface area contributed by atoms with Crippen LogP contribution < -0.4 is 5.32 Å². The highest BCUT2D eigenvalue weighted by atomic mass is 32.1. The summed E-state index contributed by atoms with van der Waals surface area (Å²) >= 11 is 1.67. The second kappa shape index (κ2) is 6.63. The molecular weight excluding hydrogens is 275 g/mol. The lowest BCUT2D eigenvalue weighted by Gasteiger charge is -2.23. The van der Waals surface area contributed by atoms with E-state index in [9.17, 15) is 9.18 Å². The lowest BCUT2D eigenvalue weighted by atomic mass is 10.2. The summed E-state index contributed by atoms with van der Waals surface area (Å²) in [5, 5.41) is 4.91. The Hall–Kier alpha value is -1.72. The number of hydrogen-bond acceptors (Lipinski definition) is 3. The summed E-state index contributed by atoms with van der Waals surface area (Å²) in [6.45, 7) is 0.518. The number of carbonyl (C=O) groups is 1. The molecule has 0 spiro atoms. The van der Waals surface area contributed by atoms with Gasteiger partial charge in [-0.25, -0.2) is 4.39 Å². The fourth-order valence-corrected chi connectivity index (χ4v) is 2.83. The van der Waals surface area contributed by atoms with E-state index in [-0.39, 0.29) is 17.8 Å². The second-order valence-electron chi connectivity index (χ2n) is 4.71. The summed E-state index contributed by atoms with van der Waals surface area (Å²) in [5.74, 6) is -0.528. The van der Waals surface area contributed by atoms with Crippen molar-refractivity contribution in [2.75, 3.05) is 20.6 Å². The maximum Gasteiger partial charge on any atom is 0.251 e. The average Bonchev–Trinajstić information content (AvgIpc) is 2.93. The second-order valence-corrected chi connectivity index (χ2v) is 5.69. The van der Waals surface area contributed by atoms with Gasteiger partial charge in [-0.15, -0.1) is 11.3 Å². The number of hydrogen-bond donors (Lipinski definition) is 1. The Morgan fingerprint density at radius 1 is 1.30 bits per heavy atom. The molecule has 1 aromatic carbocycles. The van der Waals surface area contributed by atoms with Crippen LogP contribution in [0.15, 0.2) is 41.8 Å². The molecule has 20 heavy (non-hydrogen) atoms. The molecule has 1 amide bonds. The molecule has 0 aliphatic carbocycles. The van der Waals surface area contributed by atoms with Crippen molar-refractivity contribution >= 4 is 17.2 Å². The molecule has 0 aliphatic rings. The molecular formula is C15H17FN2OS. The minimum atomic E-state index is -0.341. The molecule has 1 aromatic heterocycles. The van der Waals surface area contributed by atoms with Gasteiger partial charge in [0.25, 0.3) is 5.91 Å². The Labute approximate surface area is 122 Å². The molecule has 106 valence electrons. The normalized spacial score (nSPS) is 12.4. The van der Waals surface area contributed by atoms with Crippen LogP contribution in [-0.2, 0) is 0 Å². The molecule has 0 unspecified atom stereocenters. The Morgan fingerprint density at radius 2 is 2.00 bits per heavy atom. The van der Waals surface area contributed by atoms with Gasteiger partial charge in [0.2, 0.25) is 0 Å². The van der Waals surface area contributed by atoms with Gasteiger partial charge in [0.15, 0.2) is 0 Å². The van der Waals surface area contributed by atoms with Crippen LogP contribution in [0.3, 0.4) is 0 Å². The Kier molecular flexibility index (Phi) is 4.87. The van der Waals surface area contributed by atoms with Gasteiger partial charge in [-0.1, -0.05) is 6.07 Å². The SMILES string of the molecule is CN(C)[C@@H](CNC(=O)c1ccc(F)cc1)c1cccs1. The number of rotatable bonds is 5. The molecule has 1 atom stereocenters. The van der Waals surface area contributed by atoms with E-state index in [4.69, 9.17) is 0 Å². The Bertz CT molecular complexity index is 552.